The number of aromatic nitrogens is 3. The average molecular weight is 371 g/mol. The number of nitrogens with zero attached hydrogens (tertiary/aromatic N) is 3. The van der Waals surface area contributed by atoms with Crippen LogP contribution < -0.4 is 5.32 Å². The Morgan fingerprint density at radius 3 is 2.62 bits per heavy atom. The van der Waals surface area contributed by atoms with Crippen molar-refractivity contribution in [3.8, 4) is 0 Å². The summed E-state index contributed by atoms with van der Waals surface area (Å²) in [4.78, 5) is 12.2. The SMILES string of the molecule is O=C(NCc1nncn1CCc1ccccc1)[C@@H](O)c1ccc(Cl)cc1. The lowest BCUT2D eigenvalue weighted by molar-refractivity contribution is -0.129. The zero-order chi connectivity index (χ0) is 18.4. The minimum absolute atomic E-state index is 0.193. The second-order valence-corrected chi connectivity index (χ2v) is 6.28. The maximum Gasteiger partial charge on any atom is 0.253 e. The van der Waals surface area contributed by atoms with Crippen LogP contribution in [0.15, 0.2) is 60.9 Å². The molecule has 2 N–H and O–H groups in total. The van der Waals surface area contributed by atoms with Crippen molar-refractivity contribution < 1.29 is 9.90 Å². The van der Waals surface area contributed by atoms with Gasteiger partial charge in [-0.25, -0.2) is 0 Å². The van der Waals surface area contributed by atoms with Gasteiger partial charge in [-0.05, 0) is 29.7 Å². The van der Waals surface area contributed by atoms with E-state index in [2.05, 4.69) is 27.6 Å². The third-order valence-corrected chi connectivity index (χ3v) is 4.29. The van der Waals surface area contributed by atoms with Crippen molar-refractivity contribution in [3.05, 3.63) is 82.9 Å². The number of carbonyl (C=O) groups is 1. The van der Waals surface area contributed by atoms with Crippen molar-refractivity contribution in [1.82, 2.24) is 20.1 Å². The number of benzene rings is 2. The minimum Gasteiger partial charge on any atom is -0.378 e. The fraction of sp³-hybridized carbons (Fsp3) is 0.211. The van der Waals surface area contributed by atoms with Gasteiger partial charge in [0.1, 0.15) is 6.33 Å². The van der Waals surface area contributed by atoms with Gasteiger partial charge in [0.2, 0.25) is 0 Å². The first-order valence-electron chi connectivity index (χ1n) is 8.25. The molecule has 26 heavy (non-hydrogen) atoms. The van der Waals surface area contributed by atoms with Gasteiger partial charge >= 0.3 is 0 Å². The van der Waals surface area contributed by atoms with Crippen molar-refractivity contribution in [2.75, 3.05) is 0 Å². The fourth-order valence-corrected chi connectivity index (χ4v) is 2.68. The first-order valence-corrected chi connectivity index (χ1v) is 8.63. The maximum atomic E-state index is 12.2. The molecule has 134 valence electrons. The van der Waals surface area contributed by atoms with E-state index in [9.17, 15) is 9.90 Å². The molecule has 0 aliphatic rings. The Labute approximate surface area is 156 Å². The van der Waals surface area contributed by atoms with Crippen LogP contribution in [0.4, 0.5) is 0 Å². The van der Waals surface area contributed by atoms with Gasteiger partial charge in [0.05, 0.1) is 6.54 Å². The van der Waals surface area contributed by atoms with E-state index in [4.69, 9.17) is 11.6 Å². The van der Waals surface area contributed by atoms with Crippen LogP contribution in [-0.2, 0) is 24.3 Å². The molecule has 0 saturated carbocycles. The highest BCUT2D eigenvalue weighted by Crippen LogP contribution is 2.16. The van der Waals surface area contributed by atoms with E-state index in [0.717, 1.165) is 6.42 Å². The van der Waals surface area contributed by atoms with Gasteiger partial charge in [-0.15, -0.1) is 10.2 Å². The topological polar surface area (TPSA) is 80.0 Å². The lowest BCUT2D eigenvalue weighted by Gasteiger charge is -2.12. The summed E-state index contributed by atoms with van der Waals surface area (Å²) < 4.78 is 1.89. The molecule has 0 aliphatic heterocycles. The predicted octanol–water partition coefficient (Wildman–Crippen LogP) is 2.52. The van der Waals surface area contributed by atoms with Crippen LogP contribution in [-0.4, -0.2) is 25.8 Å². The quantitative estimate of drug-likeness (QED) is 0.669. The zero-order valence-electron chi connectivity index (χ0n) is 14.0. The van der Waals surface area contributed by atoms with Crippen molar-refractivity contribution in [2.24, 2.45) is 0 Å². The molecule has 0 saturated heterocycles. The van der Waals surface area contributed by atoms with Crippen molar-refractivity contribution in [1.29, 1.82) is 0 Å². The smallest absolute Gasteiger partial charge is 0.253 e. The lowest BCUT2D eigenvalue weighted by atomic mass is 10.1. The first kappa shape index (κ1) is 18.1. The van der Waals surface area contributed by atoms with E-state index >= 15 is 0 Å². The molecule has 6 nitrogen and oxygen atoms in total. The summed E-state index contributed by atoms with van der Waals surface area (Å²) in [6.45, 7) is 0.903. The predicted molar refractivity (Wildman–Crippen MR) is 98.4 cm³/mol. The van der Waals surface area contributed by atoms with Crippen molar-refractivity contribution in [3.63, 3.8) is 0 Å². The molecule has 0 spiro atoms. The number of carbonyl (C=O) groups excluding carboxylic acids is 1. The molecule has 3 rings (SSSR count). The molecule has 0 radical (unpaired) electrons. The molecule has 0 aliphatic carbocycles. The Morgan fingerprint density at radius 1 is 1.15 bits per heavy atom. The van der Waals surface area contributed by atoms with E-state index in [-0.39, 0.29) is 6.54 Å². The summed E-state index contributed by atoms with van der Waals surface area (Å²) in [5.74, 6) is 0.141. The molecule has 0 unspecified atom stereocenters. The van der Waals surface area contributed by atoms with Gasteiger partial charge in [0, 0.05) is 11.6 Å². The van der Waals surface area contributed by atoms with Crippen molar-refractivity contribution >= 4 is 17.5 Å². The summed E-state index contributed by atoms with van der Waals surface area (Å²) in [6.07, 6.45) is 1.22. The van der Waals surface area contributed by atoms with E-state index in [1.165, 1.54) is 5.56 Å². The second kappa shape index (κ2) is 8.60. The number of aryl methyl sites for hydroxylation is 2. The normalized spacial score (nSPS) is 11.9. The number of nitrogens with one attached hydrogen (secondary N) is 1. The van der Waals surface area contributed by atoms with E-state index in [1.807, 2.05) is 22.8 Å². The average Bonchev–Trinajstić information content (AvgIpc) is 3.12. The number of rotatable bonds is 7. The van der Waals surface area contributed by atoms with Crippen LogP contribution in [0.5, 0.6) is 0 Å². The minimum atomic E-state index is -1.26. The highest BCUT2D eigenvalue weighted by molar-refractivity contribution is 6.30. The highest BCUT2D eigenvalue weighted by atomic mass is 35.5. The van der Waals surface area contributed by atoms with Gasteiger partial charge in [-0.3, -0.25) is 4.79 Å². The zero-order valence-corrected chi connectivity index (χ0v) is 14.8. The highest BCUT2D eigenvalue weighted by Gasteiger charge is 2.17. The number of hydrogen-bond acceptors (Lipinski definition) is 4. The summed E-state index contributed by atoms with van der Waals surface area (Å²) in [6, 6.07) is 16.6. The van der Waals surface area contributed by atoms with Gasteiger partial charge in [0.25, 0.3) is 5.91 Å². The standard InChI is InChI=1S/C19H19ClN4O2/c20-16-8-6-15(7-9-16)18(25)19(26)21-12-17-23-22-13-24(17)11-10-14-4-2-1-3-5-14/h1-9,13,18,25H,10-12H2,(H,21,26)/t18-/m0/s1. The summed E-state index contributed by atoms with van der Waals surface area (Å²) >= 11 is 5.82. The van der Waals surface area contributed by atoms with Gasteiger partial charge in [-0.1, -0.05) is 54.1 Å². The molecule has 1 amide bonds. The number of halogens is 1. The van der Waals surface area contributed by atoms with Crippen molar-refractivity contribution in [2.45, 2.75) is 25.6 Å². The molecule has 2 aromatic carbocycles. The van der Waals surface area contributed by atoms with Crippen LogP contribution in [0.1, 0.15) is 23.1 Å². The molecule has 1 aromatic heterocycles. The molecular formula is C19H19ClN4O2. The molecular weight excluding hydrogens is 352 g/mol. The number of hydrogen-bond donors (Lipinski definition) is 2. The first-order chi connectivity index (χ1) is 12.6. The van der Waals surface area contributed by atoms with Crippen LogP contribution >= 0.6 is 11.6 Å². The number of amides is 1. The summed E-state index contributed by atoms with van der Waals surface area (Å²) in [5, 5.41) is 21.3. The second-order valence-electron chi connectivity index (χ2n) is 5.85. The van der Waals surface area contributed by atoms with Gasteiger partial charge in [0.15, 0.2) is 11.9 Å². The Kier molecular flexibility index (Phi) is 5.99. The summed E-state index contributed by atoms with van der Waals surface area (Å²) in [7, 11) is 0. The van der Waals surface area contributed by atoms with E-state index in [0.29, 0.717) is 23.0 Å². The third kappa shape index (κ3) is 4.68. The van der Waals surface area contributed by atoms with Crippen LogP contribution in [0.25, 0.3) is 0 Å². The largest absolute Gasteiger partial charge is 0.378 e. The maximum absolute atomic E-state index is 12.2. The van der Waals surface area contributed by atoms with E-state index in [1.54, 1.807) is 30.6 Å². The molecule has 7 heteroatoms. The monoisotopic (exact) mass is 370 g/mol. The molecule has 1 heterocycles. The number of aliphatic hydroxyl groups is 1. The Balaban J connectivity index is 1.55. The Morgan fingerprint density at radius 2 is 1.88 bits per heavy atom. The van der Waals surface area contributed by atoms with Crippen LogP contribution in [0.3, 0.4) is 0 Å². The molecule has 3 aromatic rings. The Bertz CT molecular complexity index is 849. The Hall–Kier alpha value is -2.70. The molecule has 0 fully saturated rings. The summed E-state index contributed by atoms with van der Waals surface area (Å²) in [5.41, 5.74) is 1.70. The van der Waals surface area contributed by atoms with Gasteiger partial charge < -0.3 is 15.0 Å². The molecule has 1 atom stereocenters. The number of aliphatic hydroxyl groups excluding tert-OH is 1. The fourth-order valence-electron chi connectivity index (χ4n) is 2.56. The lowest BCUT2D eigenvalue weighted by Crippen LogP contribution is -2.30. The molecule has 0 bridgehead atoms. The third-order valence-electron chi connectivity index (χ3n) is 4.03. The van der Waals surface area contributed by atoms with E-state index < -0.39 is 12.0 Å². The van der Waals surface area contributed by atoms with Crippen LogP contribution in [0, 0.1) is 0 Å². The van der Waals surface area contributed by atoms with Crippen LogP contribution in [0.2, 0.25) is 5.02 Å². The van der Waals surface area contributed by atoms with Gasteiger partial charge in [-0.2, -0.15) is 0 Å².